The molecule has 6 rings (SSSR count). The van der Waals surface area contributed by atoms with Crippen molar-refractivity contribution in [2.24, 2.45) is 29.6 Å². The molecule has 0 radical (unpaired) electrons. The first kappa shape index (κ1) is 95.4. The maximum Gasteiger partial charge on any atom is 0.258 e. The highest BCUT2D eigenvalue weighted by atomic mass is 32.2. The Labute approximate surface area is 685 Å². The van der Waals surface area contributed by atoms with Gasteiger partial charge in [0.05, 0.1) is 68.4 Å². The van der Waals surface area contributed by atoms with E-state index in [1.165, 1.54) is 64.7 Å². The van der Waals surface area contributed by atoms with Gasteiger partial charge < -0.3 is 71.2 Å². The second-order valence-electron chi connectivity index (χ2n) is 32.3. The number of carbonyl (C=O) groups excluding carboxylic acids is 12. The van der Waals surface area contributed by atoms with E-state index < -0.39 is 171 Å². The number of methoxy groups -OCH3 is 2. The van der Waals surface area contributed by atoms with Gasteiger partial charge in [-0.25, -0.2) is 0 Å². The van der Waals surface area contributed by atoms with Crippen molar-refractivity contribution >= 4 is 94.4 Å². The molecule has 3 aliphatic heterocycles. The molecule has 27 nitrogen and oxygen atoms in total. The number of likely N-dealkylation sites (N-methyl/N-ethyl adjacent to an activating group) is 2. The summed E-state index contributed by atoms with van der Waals surface area (Å²) in [6, 6.07) is 11.5. The van der Waals surface area contributed by atoms with E-state index in [9.17, 15) is 62.6 Å². The molecule has 1 saturated carbocycles. The number of hydrogen-bond donors (Lipinski definition) is 8. The molecule has 1 saturated heterocycles. The van der Waals surface area contributed by atoms with Crippen LogP contribution in [0.15, 0.2) is 65.7 Å². The van der Waals surface area contributed by atoms with Gasteiger partial charge >= 0.3 is 0 Å². The van der Waals surface area contributed by atoms with Crippen LogP contribution in [0.3, 0.4) is 0 Å². The van der Waals surface area contributed by atoms with Crippen LogP contribution in [0.25, 0.3) is 0 Å². The number of imide groups is 1. The van der Waals surface area contributed by atoms with E-state index in [4.69, 9.17) is 14.2 Å². The molecule has 2 aromatic rings. The van der Waals surface area contributed by atoms with Crippen LogP contribution in [-0.2, 0) is 78.2 Å². The highest BCUT2D eigenvalue weighted by Gasteiger charge is 2.48. The van der Waals surface area contributed by atoms with Crippen LogP contribution in [0.5, 0.6) is 0 Å². The second-order valence-corrected chi connectivity index (χ2v) is 34.9. The van der Waals surface area contributed by atoms with Gasteiger partial charge in [0.2, 0.25) is 59.1 Å². The van der Waals surface area contributed by atoms with Crippen molar-refractivity contribution in [3.05, 3.63) is 82.4 Å². The molecule has 4 aliphatic rings. The average Bonchev–Trinajstić information content (AvgIpc) is 1.61. The Hall–Kier alpha value is -7.44. The topological polar surface area (TPSA) is 350 Å². The van der Waals surface area contributed by atoms with Gasteiger partial charge in [0.25, 0.3) is 11.8 Å². The molecular weight excluding hydrogens is 1500 g/mol. The Morgan fingerprint density at radius 3 is 1.93 bits per heavy atom. The number of thioether (sulfide) groups is 2. The summed E-state index contributed by atoms with van der Waals surface area (Å²) >= 11 is 3.55. The minimum absolute atomic E-state index is 0.00361. The smallest absolute Gasteiger partial charge is 0.258 e. The molecule has 0 spiro atoms. The average molecular weight is 1630 g/mol. The number of rotatable bonds is 44. The molecule has 29 heteroatoms. The third kappa shape index (κ3) is 26.8. The normalized spacial score (nSPS) is 20.4. The first-order chi connectivity index (χ1) is 54.3. The SMILES string of the molecule is CCCC(C)c1cccc([C@H](O)[C@@H](C)NC(=O)[C@H](C)[C@@H](OC)[C@@H]2CCCN2C(=O)C[C@@H](OC)[C@H]([C@@H](C)CC)N(C)C(=O)[C@@H](NC(=O)[C@H](C(C)C)N(C)C(=O)COCNC(=O)CNC(=O)[C@H](Cc2ccccc2)NC(=O)CNC(=O)CNC(=O)CN2C(=O)C3=C(CSC(CCC)(CC4CCCCCC4)C(CC)SC3)C2=O)C(C)C)c1. The lowest BCUT2D eigenvalue weighted by Gasteiger charge is -2.43. The van der Waals surface area contributed by atoms with Crippen molar-refractivity contribution in [2.45, 2.75) is 263 Å². The zero-order valence-corrected chi connectivity index (χ0v) is 72.1. The standard InChI is InChI=1S/C85H133N11O16S2/c1-17-30-55(10)60-35-28-36-61(41-60)77(103)57(12)90-79(104)56(11)78(111-16)65-37-29-39-95(65)72(101)42-66(110-15)76(54(9)19-3)94(14)84(109)74(52(5)6)92-81(106)75(53(7)8)93(13)73(102)48-112-51-89-69(98)45-88-80(105)64(40-58-31-26-23-27-32-58)91-70(99)46-86-68(97)44-87-71(100)47-96-82(107)62-49-113-67(20-4)85(38-18-2,114-50-63(62)83(96)108)43-59-33-24-21-22-25-34-59/h23,26-28,31-32,35-36,41,52-57,59,64-67,74-78,103H,17-22,24-25,29-30,33-34,37-40,42-51H2,1-16H3,(H,86,97)(H,87,100)(H,88,105)(H,89,98)(H,90,104)(H,91,99)(H,92,106)/t54-,55?,56+,57+,64-,65-,66+,67?,74-,75-,76-,77+,78+,85?/m0/s1. The predicted octanol–water partition coefficient (Wildman–Crippen LogP) is 7.66. The zero-order valence-electron chi connectivity index (χ0n) is 70.5. The molecule has 2 fully saturated rings. The maximum absolute atomic E-state index is 14.9. The highest BCUT2D eigenvalue weighted by molar-refractivity contribution is 8.04. The number of carbonyl (C=O) groups is 12. The Morgan fingerprint density at radius 1 is 0.667 bits per heavy atom. The number of nitrogens with zero attached hydrogens (tertiary/aromatic N) is 4. The van der Waals surface area contributed by atoms with Crippen molar-refractivity contribution in [2.75, 3.05) is 85.9 Å². The molecule has 636 valence electrons. The first-order valence-corrected chi connectivity index (χ1v) is 43.4. The fourth-order valence-corrected chi connectivity index (χ4v) is 20.2. The molecule has 2 aromatic carbocycles. The molecule has 3 unspecified atom stereocenters. The third-order valence-corrected chi connectivity index (χ3v) is 26.7. The van der Waals surface area contributed by atoms with Gasteiger partial charge in [-0.2, -0.15) is 11.8 Å². The van der Waals surface area contributed by atoms with Gasteiger partial charge in [-0.15, -0.1) is 11.8 Å². The van der Waals surface area contributed by atoms with Crippen molar-refractivity contribution in [1.29, 1.82) is 0 Å². The Kier molecular flexibility index (Phi) is 39.4. The summed E-state index contributed by atoms with van der Waals surface area (Å²) in [5, 5.41) is 30.1. The van der Waals surface area contributed by atoms with Crippen LogP contribution in [0, 0.1) is 29.6 Å². The van der Waals surface area contributed by atoms with Gasteiger partial charge in [0, 0.05) is 73.9 Å². The zero-order chi connectivity index (χ0) is 84.1. The quantitative estimate of drug-likeness (QED) is 0.0136. The first-order valence-electron chi connectivity index (χ1n) is 41.4. The van der Waals surface area contributed by atoms with Crippen LogP contribution < -0.4 is 37.2 Å². The number of benzene rings is 2. The molecule has 0 aromatic heterocycles. The van der Waals surface area contributed by atoms with E-state index >= 15 is 0 Å². The number of ether oxygens (including phenoxy) is 3. The number of aliphatic hydroxyl groups is 1. The largest absolute Gasteiger partial charge is 0.386 e. The summed E-state index contributed by atoms with van der Waals surface area (Å²) in [5.41, 5.74) is 3.37. The van der Waals surface area contributed by atoms with Crippen LogP contribution >= 0.6 is 23.5 Å². The van der Waals surface area contributed by atoms with Crippen LogP contribution in [-0.4, -0.2) is 240 Å². The molecule has 1 aliphatic carbocycles. The van der Waals surface area contributed by atoms with Gasteiger partial charge in [-0.1, -0.05) is 189 Å². The van der Waals surface area contributed by atoms with Crippen molar-refractivity contribution in [3.8, 4) is 0 Å². The minimum atomic E-state index is -1.23. The lowest BCUT2D eigenvalue weighted by atomic mass is 9.83. The molecule has 8 N–H and O–H groups in total. The van der Waals surface area contributed by atoms with E-state index in [-0.39, 0.29) is 35.3 Å². The Morgan fingerprint density at radius 2 is 1.31 bits per heavy atom. The van der Waals surface area contributed by atoms with E-state index in [0.29, 0.717) is 76.7 Å². The fraction of sp³-hybridized carbons (Fsp3) is 0.694. The van der Waals surface area contributed by atoms with Gasteiger partial charge in [-0.05, 0) is 91.7 Å². The van der Waals surface area contributed by atoms with Gasteiger partial charge in [-0.3, -0.25) is 62.4 Å². The monoisotopic (exact) mass is 1630 g/mol. The summed E-state index contributed by atoms with van der Waals surface area (Å²) in [6.45, 7) is 20.3. The number of aliphatic hydroxyl groups excluding tert-OH is 1. The molecule has 3 heterocycles. The molecule has 114 heavy (non-hydrogen) atoms. The predicted molar refractivity (Wildman–Crippen MR) is 443 cm³/mol. The molecule has 12 amide bonds. The minimum Gasteiger partial charge on any atom is -0.386 e. The highest BCUT2D eigenvalue weighted by Crippen LogP contribution is 2.51. The lowest BCUT2D eigenvalue weighted by molar-refractivity contribution is -0.149. The Balaban J connectivity index is 0.957. The molecule has 0 bridgehead atoms. The van der Waals surface area contributed by atoms with Crippen LogP contribution in [0.4, 0.5) is 0 Å². The van der Waals surface area contributed by atoms with Crippen LogP contribution in [0.2, 0.25) is 0 Å². The van der Waals surface area contributed by atoms with E-state index in [2.05, 4.69) is 71.0 Å². The summed E-state index contributed by atoms with van der Waals surface area (Å²) in [4.78, 5) is 171. The van der Waals surface area contributed by atoms with Gasteiger partial charge in [0.15, 0.2) is 0 Å². The van der Waals surface area contributed by atoms with E-state index in [1.54, 1.807) is 112 Å². The van der Waals surface area contributed by atoms with Crippen LogP contribution in [0.1, 0.15) is 215 Å². The number of hydrogen-bond acceptors (Lipinski definition) is 18. The molecule has 14 atom stereocenters. The van der Waals surface area contributed by atoms with Crippen molar-refractivity contribution < 1.29 is 76.9 Å². The number of amides is 12. The number of likely N-dealkylation sites (tertiary alicyclic amines) is 1. The third-order valence-electron chi connectivity index (χ3n) is 23.3. The van der Waals surface area contributed by atoms with Crippen molar-refractivity contribution in [1.82, 2.24) is 56.8 Å². The fourth-order valence-electron chi connectivity index (χ4n) is 16.6. The molecular formula is C85H133N11O16S2. The summed E-state index contributed by atoms with van der Waals surface area (Å²) in [7, 11) is 6.08. The van der Waals surface area contributed by atoms with Gasteiger partial charge in [0.1, 0.15) is 38.0 Å². The van der Waals surface area contributed by atoms with E-state index in [1.807, 2.05) is 32.0 Å². The summed E-state index contributed by atoms with van der Waals surface area (Å²) in [6.07, 6.45) is 12.8. The number of nitrogens with one attached hydrogen (secondary N) is 7. The lowest BCUT2D eigenvalue weighted by Crippen LogP contribution is -2.60. The Bertz CT molecular complexity index is 3580. The summed E-state index contributed by atoms with van der Waals surface area (Å²) < 4.78 is 17.7. The van der Waals surface area contributed by atoms with Crippen molar-refractivity contribution in [3.63, 3.8) is 0 Å². The maximum atomic E-state index is 14.9. The summed E-state index contributed by atoms with van der Waals surface area (Å²) in [5.74, 6) is -7.03. The second kappa shape index (κ2) is 47.1. The van der Waals surface area contributed by atoms with E-state index in [0.717, 1.165) is 49.0 Å².